The van der Waals surface area contributed by atoms with Gasteiger partial charge in [-0.05, 0) is 52.4 Å². The molecule has 2 rings (SSSR count). The van der Waals surface area contributed by atoms with Gasteiger partial charge in [0.2, 0.25) is 0 Å². The zero-order valence-electron chi connectivity index (χ0n) is 9.88. The minimum absolute atomic E-state index is 0.0331. The van der Waals surface area contributed by atoms with Gasteiger partial charge in [-0.15, -0.1) is 0 Å². The molecule has 1 saturated carbocycles. The molecule has 0 aromatic rings. The van der Waals surface area contributed by atoms with E-state index in [0.717, 1.165) is 0 Å². The summed E-state index contributed by atoms with van der Waals surface area (Å²) in [5.41, 5.74) is -0.0663. The highest BCUT2D eigenvalue weighted by atomic mass is 16.5. The normalized spacial score (nSPS) is 40.9. The van der Waals surface area contributed by atoms with Gasteiger partial charge in [0.1, 0.15) is 0 Å². The fourth-order valence-electron chi connectivity index (χ4n) is 3.88. The van der Waals surface area contributed by atoms with E-state index in [-0.39, 0.29) is 11.1 Å². The third kappa shape index (κ3) is 1.17. The van der Waals surface area contributed by atoms with E-state index in [4.69, 9.17) is 0 Å². The lowest BCUT2D eigenvalue weighted by Gasteiger charge is -2.36. The molecule has 2 fully saturated rings. The molecule has 0 radical (unpaired) electrons. The Labute approximate surface area is 87.3 Å². The Morgan fingerprint density at radius 3 is 1.64 bits per heavy atom. The van der Waals surface area contributed by atoms with Crippen LogP contribution in [0, 0.1) is 11.8 Å². The largest absolute Gasteiger partial charge is 0.313 e. The second kappa shape index (κ2) is 2.96. The van der Waals surface area contributed by atoms with Gasteiger partial charge in [-0.1, -0.05) is 12.8 Å². The van der Waals surface area contributed by atoms with Crippen molar-refractivity contribution < 1.29 is 5.21 Å². The van der Waals surface area contributed by atoms with Crippen molar-refractivity contribution in [2.75, 3.05) is 0 Å². The van der Waals surface area contributed by atoms with Crippen molar-refractivity contribution in [1.82, 2.24) is 5.06 Å². The molecule has 0 bridgehead atoms. The maximum absolute atomic E-state index is 10.2. The number of hydrogen-bond acceptors (Lipinski definition) is 2. The molecule has 2 aliphatic rings. The SMILES string of the molecule is CC1(C)C2CCCCC2C(C)(C)N1O. The van der Waals surface area contributed by atoms with Crippen LogP contribution in [0.3, 0.4) is 0 Å². The van der Waals surface area contributed by atoms with Crippen LogP contribution in [0.4, 0.5) is 0 Å². The van der Waals surface area contributed by atoms with Crippen LogP contribution >= 0.6 is 0 Å². The molecule has 1 N–H and O–H groups in total. The van der Waals surface area contributed by atoms with Crippen LogP contribution in [0.25, 0.3) is 0 Å². The van der Waals surface area contributed by atoms with Gasteiger partial charge in [-0.2, -0.15) is 5.06 Å². The lowest BCUT2D eigenvalue weighted by atomic mass is 9.69. The van der Waals surface area contributed by atoms with Crippen molar-refractivity contribution in [1.29, 1.82) is 0 Å². The van der Waals surface area contributed by atoms with E-state index in [1.165, 1.54) is 25.7 Å². The number of nitrogens with zero attached hydrogens (tertiary/aromatic N) is 1. The molecule has 2 atom stereocenters. The minimum atomic E-state index is -0.0331. The fourth-order valence-corrected chi connectivity index (χ4v) is 3.88. The van der Waals surface area contributed by atoms with Gasteiger partial charge in [0.25, 0.3) is 0 Å². The van der Waals surface area contributed by atoms with Crippen molar-refractivity contribution in [2.24, 2.45) is 11.8 Å². The minimum Gasteiger partial charge on any atom is -0.313 e. The summed E-state index contributed by atoms with van der Waals surface area (Å²) in [5.74, 6) is 1.35. The molecular weight excluding hydrogens is 174 g/mol. The number of hydroxylamine groups is 2. The first-order valence-electron chi connectivity index (χ1n) is 5.87. The molecule has 14 heavy (non-hydrogen) atoms. The number of fused-ring (bicyclic) bond motifs is 1. The molecule has 1 saturated heterocycles. The average Bonchev–Trinajstić information content (AvgIpc) is 2.28. The maximum Gasteiger partial charge on any atom is 0.0441 e. The van der Waals surface area contributed by atoms with Crippen molar-refractivity contribution in [3.63, 3.8) is 0 Å². The highest BCUT2D eigenvalue weighted by Gasteiger charge is 2.57. The topological polar surface area (TPSA) is 23.5 Å². The lowest BCUT2D eigenvalue weighted by Crippen LogP contribution is -2.47. The molecule has 1 aliphatic carbocycles. The van der Waals surface area contributed by atoms with Crippen LogP contribution in [-0.2, 0) is 0 Å². The van der Waals surface area contributed by atoms with Crippen molar-refractivity contribution in [2.45, 2.75) is 64.5 Å². The van der Waals surface area contributed by atoms with Crippen LogP contribution in [0.15, 0.2) is 0 Å². The molecule has 2 nitrogen and oxygen atoms in total. The highest BCUT2D eigenvalue weighted by molar-refractivity contribution is 5.08. The van der Waals surface area contributed by atoms with E-state index in [0.29, 0.717) is 11.8 Å². The Bertz CT molecular complexity index is 210. The second-order valence-electron chi connectivity index (χ2n) is 6.12. The Morgan fingerprint density at radius 1 is 0.929 bits per heavy atom. The summed E-state index contributed by atoms with van der Waals surface area (Å²) in [6, 6.07) is 0. The molecule has 0 aromatic carbocycles. The molecule has 2 heteroatoms. The Morgan fingerprint density at radius 2 is 1.29 bits per heavy atom. The molecule has 82 valence electrons. The lowest BCUT2D eigenvalue weighted by molar-refractivity contribution is -0.200. The van der Waals surface area contributed by atoms with Crippen LogP contribution < -0.4 is 0 Å². The summed E-state index contributed by atoms with van der Waals surface area (Å²) in [6.07, 6.45) is 5.26. The van der Waals surface area contributed by atoms with E-state index in [2.05, 4.69) is 27.7 Å². The van der Waals surface area contributed by atoms with E-state index in [9.17, 15) is 5.21 Å². The Hall–Kier alpha value is -0.0800. The average molecular weight is 197 g/mol. The monoisotopic (exact) mass is 197 g/mol. The van der Waals surface area contributed by atoms with E-state index < -0.39 is 0 Å². The zero-order chi connectivity index (χ0) is 10.6. The van der Waals surface area contributed by atoms with E-state index in [1.54, 1.807) is 5.06 Å². The van der Waals surface area contributed by atoms with Gasteiger partial charge in [-0.25, -0.2) is 0 Å². The van der Waals surface area contributed by atoms with E-state index in [1.807, 2.05) is 0 Å². The number of hydrogen-bond donors (Lipinski definition) is 1. The van der Waals surface area contributed by atoms with Gasteiger partial charge in [-0.3, -0.25) is 0 Å². The summed E-state index contributed by atoms with van der Waals surface area (Å²) >= 11 is 0. The van der Waals surface area contributed by atoms with Crippen LogP contribution in [0.2, 0.25) is 0 Å². The summed E-state index contributed by atoms with van der Waals surface area (Å²) in [4.78, 5) is 0. The fraction of sp³-hybridized carbons (Fsp3) is 1.00. The quantitative estimate of drug-likeness (QED) is 0.645. The molecule has 1 aliphatic heterocycles. The van der Waals surface area contributed by atoms with Gasteiger partial charge in [0, 0.05) is 11.1 Å². The molecule has 0 spiro atoms. The van der Waals surface area contributed by atoms with Gasteiger partial charge >= 0.3 is 0 Å². The van der Waals surface area contributed by atoms with Crippen molar-refractivity contribution in [3.8, 4) is 0 Å². The van der Waals surface area contributed by atoms with Crippen molar-refractivity contribution >= 4 is 0 Å². The smallest absolute Gasteiger partial charge is 0.0441 e. The van der Waals surface area contributed by atoms with Crippen LogP contribution in [0.5, 0.6) is 0 Å². The van der Waals surface area contributed by atoms with E-state index >= 15 is 0 Å². The first kappa shape index (κ1) is 10.4. The predicted molar refractivity (Wildman–Crippen MR) is 57.2 cm³/mol. The predicted octanol–water partition coefficient (Wildman–Crippen LogP) is 3.05. The van der Waals surface area contributed by atoms with Crippen LogP contribution in [-0.4, -0.2) is 21.3 Å². The summed E-state index contributed by atoms with van der Waals surface area (Å²) < 4.78 is 0. The van der Waals surface area contributed by atoms with Gasteiger partial charge < -0.3 is 5.21 Å². The third-order valence-corrected chi connectivity index (χ3v) is 4.67. The first-order chi connectivity index (χ1) is 6.38. The highest BCUT2D eigenvalue weighted by Crippen LogP contribution is 2.53. The first-order valence-corrected chi connectivity index (χ1v) is 5.87. The number of rotatable bonds is 0. The standard InChI is InChI=1S/C12H23NO/c1-11(2)9-7-5-6-8-10(9)12(3,4)13(11)14/h9-10,14H,5-8H2,1-4H3. The second-order valence-corrected chi connectivity index (χ2v) is 6.12. The molecule has 2 unspecified atom stereocenters. The Kier molecular flexibility index (Phi) is 2.20. The molecule has 0 aromatic heterocycles. The van der Waals surface area contributed by atoms with Crippen LogP contribution in [0.1, 0.15) is 53.4 Å². The molecule has 0 amide bonds. The van der Waals surface area contributed by atoms with Gasteiger partial charge in [0.15, 0.2) is 0 Å². The van der Waals surface area contributed by atoms with Gasteiger partial charge in [0.05, 0.1) is 0 Å². The summed E-state index contributed by atoms with van der Waals surface area (Å²) in [7, 11) is 0. The molecular formula is C12H23NO. The third-order valence-electron chi connectivity index (χ3n) is 4.67. The molecule has 1 heterocycles. The Balaban J connectivity index is 2.34. The van der Waals surface area contributed by atoms with Crippen molar-refractivity contribution in [3.05, 3.63) is 0 Å². The summed E-state index contributed by atoms with van der Waals surface area (Å²) in [5, 5.41) is 11.9. The summed E-state index contributed by atoms with van der Waals surface area (Å²) in [6.45, 7) is 8.74. The maximum atomic E-state index is 10.2. The zero-order valence-corrected chi connectivity index (χ0v) is 9.88.